The van der Waals surface area contributed by atoms with Gasteiger partial charge in [0.15, 0.2) is 0 Å². The summed E-state index contributed by atoms with van der Waals surface area (Å²) in [6.07, 6.45) is 0.984. The number of carboxylic acids is 1. The van der Waals surface area contributed by atoms with Crippen LogP contribution in [-0.4, -0.2) is 59.9 Å². The third-order valence-corrected chi connectivity index (χ3v) is 7.05. The molecule has 4 rings (SSSR count). The number of fused-ring (bicyclic) bond motifs is 1. The summed E-state index contributed by atoms with van der Waals surface area (Å²) in [5.41, 5.74) is 0.618. The molecule has 0 saturated carbocycles. The maximum atomic E-state index is 14.7. The lowest BCUT2D eigenvalue weighted by Crippen LogP contribution is -2.36. The summed E-state index contributed by atoms with van der Waals surface area (Å²) in [7, 11) is 2.68. The largest absolute Gasteiger partial charge is 0.495 e. The molecule has 40 heavy (non-hydrogen) atoms. The monoisotopic (exact) mass is 559 g/mol. The first-order chi connectivity index (χ1) is 18.9. The van der Waals surface area contributed by atoms with Crippen molar-refractivity contribution in [3.8, 4) is 5.75 Å². The Balaban J connectivity index is 1.73. The zero-order chi connectivity index (χ0) is 29.2. The van der Waals surface area contributed by atoms with Crippen LogP contribution in [0.5, 0.6) is 5.75 Å². The predicted octanol–water partition coefficient (Wildman–Crippen LogP) is 5.07. The summed E-state index contributed by atoms with van der Waals surface area (Å²) in [5, 5.41) is 24.7. The highest BCUT2D eigenvalue weighted by Gasteiger charge is 2.34. The number of carbonyl (C=O) groups is 1. The van der Waals surface area contributed by atoms with Crippen LogP contribution in [-0.2, 0) is 15.5 Å². The first-order valence-electron chi connectivity index (χ1n) is 12.7. The molecule has 1 aliphatic rings. The highest BCUT2D eigenvalue weighted by atomic mass is 19.3. The van der Waals surface area contributed by atoms with Crippen molar-refractivity contribution < 1.29 is 33.1 Å². The second kappa shape index (κ2) is 11.5. The van der Waals surface area contributed by atoms with E-state index in [0.29, 0.717) is 54.2 Å². The maximum absolute atomic E-state index is 14.7. The van der Waals surface area contributed by atoms with Gasteiger partial charge in [0.25, 0.3) is 11.6 Å². The molecule has 0 aliphatic carbocycles. The fourth-order valence-corrected chi connectivity index (χ4v) is 4.90. The predicted molar refractivity (Wildman–Crippen MR) is 144 cm³/mol. The molecule has 0 unspecified atom stereocenters. The van der Waals surface area contributed by atoms with Gasteiger partial charge in [-0.25, -0.2) is 9.97 Å². The van der Waals surface area contributed by atoms with Crippen molar-refractivity contribution in [1.29, 1.82) is 0 Å². The molecule has 11 nitrogen and oxygen atoms in total. The summed E-state index contributed by atoms with van der Waals surface area (Å²) in [5.74, 6) is -3.20. The summed E-state index contributed by atoms with van der Waals surface area (Å²) >= 11 is 0. The van der Waals surface area contributed by atoms with Gasteiger partial charge in [0.1, 0.15) is 24.0 Å². The van der Waals surface area contributed by atoms with Gasteiger partial charge in [-0.05, 0) is 44.4 Å². The molecule has 13 heteroatoms. The Morgan fingerprint density at radius 1 is 1.23 bits per heavy atom. The molecule has 0 radical (unpaired) electrons. The van der Waals surface area contributed by atoms with Crippen molar-refractivity contribution in [2.45, 2.75) is 38.7 Å². The molecule has 2 aromatic carbocycles. The number of nitrogens with zero attached hydrogens (tertiary/aromatic N) is 4. The van der Waals surface area contributed by atoms with Crippen molar-refractivity contribution >= 4 is 34.1 Å². The van der Waals surface area contributed by atoms with Crippen LogP contribution in [0, 0.1) is 23.0 Å². The minimum atomic E-state index is -3.42. The number of piperidine rings is 1. The fraction of sp³-hybridized carbons (Fsp3) is 0.444. The highest BCUT2D eigenvalue weighted by molar-refractivity contribution is 5.94. The van der Waals surface area contributed by atoms with Gasteiger partial charge in [-0.3, -0.25) is 14.9 Å². The van der Waals surface area contributed by atoms with Gasteiger partial charge in [-0.15, -0.1) is 0 Å². The first-order valence-corrected chi connectivity index (χ1v) is 12.7. The molecular formula is C27H31F2N5O6. The number of hydrogen-bond donors (Lipinski definition) is 2. The Bertz CT molecular complexity index is 1430. The van der Waals surface area contributed by atoms with E-state index >= 15 is 0 Å². The zero-order valence-corrected chi connectivity index (χ0v) is 22.6. The molecule has 0 amide bonds. The van der Waals surface area contributed by atoms with Crippen LogP contribution in [0.4, 0.5) is 26.0 Å². The van der Waals surface area contributed by atoms with Crippen LogP contribution in [0.25, 0.3) is 10.9 Å². The van der Waals surface area contributed by atoms with Crippen LogP contribution in [0.3, 0.4) is 0 Å². The molecule has 1 fully saturated rings. The molecule has 1 saturated heterocycles. The zero-order valence-electron chi connectivity index (χ0n) is 22.6. The van der Waals surface area contributed by atoms with Gasteiger partial charge in [0.2, 0.25) is 0 Å². The van der Waals surface area contributed by atoms with Crippen molar-refractivity contribution in [2.24, 2.45) is 5.92 Å². The van der Waals surface area contributed by atoms with Gasteiger partial charge in [-0.2, -0.15) is 8.78 Å². The second-order valence-electron chi connectivity index (χ2n) is 9.83. The average Bonchev–Trinajstić information content (AvgIpc) is 2.92. The normalized spacial score (nSPS) is 15.2. The number of benzene rings is 2. The third kappa shape index (κ3) is 6.03. The Labute approximate surface area is 229 Å². The summed E-state index contributed by atoms with van der Waals surface area (Å²) < 4.78 is 39.6. The number of hydrogen-bond acceptors (Lipinski definition) is 9. The van der Waals surface area contributed by atoms with E-state index in [2.05, 4.69) is 24.9 Å². The number of methoxy groups -OCH3 is 2. The number of anilines is 2. The number of nitro benzene ring substituents is 1. The van der Waals surface area contributed by atoms with Crippen LogP contribution in [0.1, 0.15) is 42.8 Å². The molecule has 3 aromatic rings. The lowest BCUT2D eigenvalue weighted by atomic mass is 9.96. The molecule has 1 aromatic heterocycles. The number of carboxylic acid groups (broad SMARTS) is 1. The number of aliphatic carboxylic acids is 1. The van der Waals surface area contributed by atoms with E-state index in [9.17, 15) is 28.8 Å². The van der Waals surface area contributed by atoms with Crippen molar-refractivity contribution in [3.63, 3.8) is 0 Å². The Morgan fingerprint density at radius 2 is 1.93 bits per heavy atom. The molecule has 0 bridgehead atoms. The number of rotatable bonds is 10. The number of nitro groups is 1. The Morgan fingerprint density at radius 3 is 2.52 bits per heavy atom. The lowest BCUT2D eigenvalue weighted by molar-refractivity contribution is -0.385. The molecule has 1 aliphatic heterocycles. The number of aromatic nitrogens is 2. The van der Waals surface area contributed by atoms with Crippen LogP contribution in [0.15, 0.2) is 30.3 Å². The number of halogens is 2. The van der Waals surface area contributed by atoms with Crippen LogP contribution >= 0.6 is 0 Å². The molecular weight excluding hydrogens is 528 g/mol. The topological polar surface area (TPSA) is 140 Å². The maximum Gasteiger partial charge on any atom is 0.306 e. The Hall–Kier alpha value is -4.13. The molecule has 2 heterocycles. The van der Waals surface area contributed by atoms with Gasteiger partial charge in [0.05, 0.1) is 35.2 Å². The highest BCUT2D eigenvalue weighted by Crippen LogP contribution is 2.38. The van der Waals surface area contributed by atoms with Gasteiger partial charge in [0, 0.05) is 49.3 Å². The number of non-ortho nitro benzene ring substituents is 1. The lowest BCUT2D eigenvalue weighted by Gasteiger charge is -2.33. The SMILES string of the molecule is COCC(F)(F)c1cc([C@@H](C)Nc2nc(C)nc3cc(OC)c(N4CCC(C(=O)O)CC4)cc23)cc([N+](=O)[O-])c1. The van der Waals surface area contributed by atoms with E-state index in [1.54, 1.807) is 27.0 Å². The van der Waals surface area contributed by atoms with Crippen LogP contribution in [0.2, 0.25) is 0 Å². The van der Waals surface area contributed by atoms with Crippen molar-refractivity contribution in [1.82, 2.24) is 9.97 Å². The molecule has 2 N–H and O–H groups in total. The standard InChI is InChI=1S/C27H31F2N5O6/c1-15(18-9-19(27(28,29)14-39-3)11-20(10-18)34(37)38)30-25-21-12-23(33-7-5-17(6-8-33)26(35)36)24(40-4)13-22(21)31-16(2)32-25/h9-13,15,17H,5-8,14H2,1-4H3,(H,35,36)(H,30,31,32)/t15-/m1/s1. The van der Waals surface area contributed by atoms with Crippen LogP contribution < -0.4 is 15.0 Å². The number of aryl methyl sites for hydroxylation is 1. The minimum absolute atomic E-state index is 0.272. The number of ether oxygens (including phenoxy) is 2. The van der Waals surface area contributed by atoms with E-state index in [-0.39, 0.29) is 5.56 Å². The quantitative estimate of drug-likeness (QED) is 0.256. The summed E-state index contributed by atoms with van der Waals surface area (Å²) in [6, 6.07) is 6.31. The summed E-state index contributed by atoms with van der Waals surface area (Å²) in [4.78, 5) is 33.3. The number of nitrogens with one attached hydrogen (secondary N) is 1. The summed E-state index contributed by atoms with van der Waals surface area (Å²) in [6.45, 7) is 3.54. The van der Waals surface area contributed by atoms with Gasteiger partial charge in [-0.1, -0.05) is 0 Å². The second-order valence-corrected chi connectivity index (χ2v) is 9.83. The smallest absolute Gasteiger partial charge is 0.306 e. The van der Waals surface area contributed by atoms with E-state index in [1.807, 2.05) is 6.07 Å². The van der Waals surface area contributed by atoms with E-state index in [0.717, 1.165) is 18.9 Å². The van der Waals surface area contributed by atoms with E-state index in [1.165, 1.54) is 12.1 Å². The average molecular weight is 560 g/mol. The van der Waals surface area contributed by atoms with Crippen molar-refractivity contribution in [2.75, 3.05) is 44.1 Å². The number of alkyl halides is 2. The van der Waals surface area contributed by atoms with E-state index < -0.39 is 46.6 Å². The van der Waals surface area contributed by atoms with E-state index in [4.69, 9.17) is 4.74 Å². The molecule has 1 atom stereocenters. The van der Waals surface area contributed by atoms with Gasteiger partial charge >= 0.3 is 5.97 Å². The van der Waals surface area contributed by atoms with Gasteiger partial charge < -0.3 is 24.8 Å². The minimum Gasteiger partial charge on any atom is -0.495 e. The van der Waals surface area contributed by atoms with Crippen molar-refractivity contribution in [3.05, 3.63) is 57.4 Å². The Kier molecular flexibility index (Phi) is 8.33. The molecule has 214 valence electrons. The fourth-order valence-electron chi connectivity index (χ4n) is 4.90. The third-order valence-electron chi connectivity index (χ3n) is 7.05. The first kappa shape index (κ1) is 28.9. The molecule has 0 spiro atoms.